The molecule has 2 aromatic carbocycles. The highest BCUT2D eigenvalue weighted by Gasteiger charge is 2.24. The van der Waals surface area contributed by atoms with Crippen molar-refractivity contribution in [3.63, 3.8) is 0 Å². The largest absolute Gasteiger partial charge is 0.452 e. The lowest BCUT2D eigenvalue weighted by Crippen LogP contribution is -2.21. The van der Waals surface area contributed by atoms with Crippen molar-refractivity contribution < 1.29 is 32.6 Å². The van der Waals surface area contributed by atoms with E-state index in [1.807, 2.05) is 0 Å². The molecule has 2 aromatic rings. The first-order valence-corrected chi connectivity index (χ1v) is 10.5. The second kappa shape index (κ2) is 8.96. The molecule has 14 heteroatoms. The minimum Gasteiger partial charge on any atom is -0.452 e. The number of carbonyl (C=O) groups excluding carboxylic acids is 2. The second-order valence-electron chi connectivity index (χ2n) is 5.76. The quantitative estimate of drug-likeness (QED) is 0.339. The number of ether oxygens (including phenoxy) is 1. The van der Waals surface area contributed by atoms with Crippen LogP contribution in [0.3, 0.4) is 0 Å². The number of anilines is 1. The summed E-state index contributed by atoms with van der Waals surface area (Å²) in [6.45, 7) is -0.760. The average molecular weight is 502 g/mol. The molecule has 0 unspecified atom stereocenters. The van der Waals surface area contributed by atoms with Gasteiger partial charge >= 0.3 is 5.97 Å². The number of nitrogens with zero attached hydrogens (tertiary/aromatic N) is 2. The molecule has 0 saturated carbocycles. The van der Waals surface area contributed by atoms with E-state index in [0.717, 1.165) is 30.5 Å². The predicted molar refractivity (Wildman–Crippen MR) is 106 cm³/mol. The third-order valence-electron chi connectivity index (χ3n) is 3.56. The lowest BCUT2D eigenvalue weighted by molar-refractivity contribution is -0.387. The summed E-state index contributed by atoms with van der Waals surface area (Å²) in [6.07, 6.45) is 0.786. The Morgan fingerprint density at radius 1 is 1.10 bits per heavy atom. The maximum absolute atomic E-state index is 12.1. The van der Waals surface area contributed by atoms with Gasteiger partial charge in [0.25, 0.3) is 17.3 Å². The van der Waals surface area contributed by atoms with Gasteiger partial charge in [-0.25, -0.2) is 13.2 Å². The fourth-order valence-corrected chi connectivity index (χ4v) is 3.51. The number of hydrogen-bond donors (Lipinski definition) is 1. The van der Waals surface area contributed by atoms with Gasteiger partial charge in [0.1, 0.15) is 4.90 Å². The number of non-ortho nitro benzene ring substituents is 1. The van der Waals surface area contributed by atoms with Gasteiger partial charge in [0.15, 0.2) is 16.4 Å². The molecule has 0 fully saturated rings. The number of rotatable bonds is 7. The Bertz CT molecular complexity index is 1160. The van der Waals surface area contributed by atoms with Gasteiger partial charge in [-0.15, -0.1) is 0 Å². The topological polar surface area (TPSA) is 176 Å². The van der Waals surface area contributed by atoms with E-state index < -0.39 is 48.8 Å². The lowest BCUT2D eigenvalue weighted by atomic mass is 10.2. The van der Waals surface area contributed by atoms with Crippen LogP contribution < -0.4 is 5.32 Å². The predicted octanol–water partition coefficient (Wildman–Crippen LogP) is 2.46. The summed E-state index contributed by atoms with van der Waals surface area (Å²) >= 11 is 3.07. The number of nitrogens with one attached hydrogen (secondary N) is 1. The molecule has 0 aliphatic heterocycles. The molecule has 2 rings (SSSR count). The Balaban J connectivity index is 2.08. The van der Waals surface area contributed by atoms with Gasteiger partial charge in [-0.2, -0.15) is 0 Å². The molecule has 0 bridgehead atoms. The van der Waals surface area contributed by atoms with Crippen LogP contribution >= 0.6 is 15.9 Å². The van der Waals surface area contributed by atoms with Gasteiger partial charge in [0.05, 0.1) is 21.1 Å². The highest BCUT2D eigenvalue weighted by molar-refractivity contribution is 9.10. The summed E-state index contributed by atoms with van der Waals surface area (Å²) in [7, 11) is -3.90. The molecule has 1 N–H and O–H groups in total. The number of hydrogen-bond acceptors (Lipinski definition) is 9. The van der Waals surface area contributed by atoms with Crippen molar-refractivity contribution in [1.82, 2.24) is 0 Å². The number of benzene rings is 2. The molecule has 0 heterocycles. The SMILES string of the molecule is CS(=O)(=O)c1ccc(C(=O)OCC(=O)Nc2ccc([N+](=O)[O-])cc2Br)cc1[N+](=O)[O-]. The summed E-state index contributed by atoms with van der Waals surface area (Å²) in [4.78, 5) is 43.7. The third-order valence-corrected chi connectivity index (χ3v) is 5.36. The number of nitro benzene ring substituents is 2. The average Bonchev–Trinajstić information content (AvgIpc) is 2.66. The molecule has 1 amide bonds. The molecule has 0 aliphatic rings. The zero-order valence-corrected chi connectivity index (χ0v) is 17.4. The van der Waals surface area contributed by atoms with Gasteiger partial charge in [0, 0.05) is 28.9 Å². The molecule has 0 aromatic heterocycles. The van der Waals surface area contributed by atoms with Crippen LogP contribution in [0.25, 0.3) is 0 Å². The summed E-state index contributed by atoms with van der Waals surface area (Å²) in [5.41, 5.74) is -1.13. The normalized spacial score (nSPS) is 10.9. The van der Waals surface area contributed by atoms with Crippen LogP contribution in [0.4, 0.5) is 17.1 Å². The monoisotopic (exact) mass is 501 g/mol. The highest BCUT2D eigenvalue weighted by atomic mass is 79.9. The van der Waals surface area contributed by atoms with Crippen LogP contribution in [-0.4, -0.2) is 43.0 Å². The molecule has 0 spiro atoms. The van der Waals surface area contributed by atoms with Crippen LogP contribution in [0.1, 0.15) is 10.4 Å². The van der Waals surface area contributed by atoms with Crippen molar-refractivity contribution in [1.29, 1.82) is 0 Å². The van der Waals surface area contributed by atoms with Gasteiger partial charge < -0.3 is 10.1 Å². The number of esters is 1. The summed E-state index contributed by atoms with van der Waals surface area (Å²) in [5, 5.41) is 24.2. The van der Waals surface area contributed by atoms with Crippen LogP contribution in [0.15, 0.2) is 45.8 Å². The number of sulfone groups is 1. The van der Waals surface area contributed by atoms with E-state index in [4.69, 9.17) is 4.74 Å². The van der Waals surface area contributed by atoms with Gasteiger partial charge in [-0.05, 0) is 34.1 Å². The van der Waals surface area contributed by atoms with Crippen LogP contribution in [-0.2, 0) is 19.4 Å². The number of nitro groups is 2. The Labute approximate surface area is 177 Å². The van der Waals surface area contributed by atoms with Crippen molar-refractivity contribution in [2.45, 2.75) is 4.90 Å². The molecular formula is C16H12BrN3O9S. The first kappa shape index (κ1) is 22.9. The van der Waals surface area contributed by atoms with E-state index in [2.05, 4.69) is 21.2 Å². The van der Waals surface area contributed by atoms with Crippen molar-refractivity contribution in [2.75, 3.05) is 18.2 Å². The molecule has 30 heavy (non-hydrogen) atoms. The smallest absolute Gasteiger partial charge is 0.338 e. The molecule has 0 saturated heterocycles. The summed E-state index contributed by atoms with van der Waals surface area (Å²) in [5.74, 6) is -1.86. The van der Waals surface area contributed by atoms with Crippen molar-refractivity contribution in [3.8, 4) is 0 Å². The maximum atomic E-state index is 12.1. The highest BCUT2D eigenvalue weighted by Crippen LogP contribution is 2.27. The van der Waals surface area contributed by atoms with Crippen molar-refractivity contribution in [3.05, 3.63) is 66.7 Å². The Morgan fingerprint density at radius 3 is 2.30 bits per heavy atom. The summed E-state index contributed by atoms with van der Waals surface area (Å²) in [6, 6.07) is 6.27. The van der Waals surface area contributed by atoms with E-state index in [-0.39, 0.29) is 21.4 Å². The standard InChI is InChI=1S/C16H12BrN3O9S/c1-30(27,28)14-5-2-9(6-13(14)20(25)26)16(22)29-8-15(21)18-12-4-3-10(19(23)24)7-11(12)17/h2-7H,8H2,1H3,(H,18,21). The number of amides is 1. The molecule has 0 atom stereocenters. The first-order valence-electron chi connectivity index (χ1n) is 7.79. The lowest BCUT2D eigenvalue weighted by Gasteiger charge is -2.08. The molecule has 158 valence electrons. The van der Waals surface area contributed by atoms with Crippen molar-refractivity contribution >= 4 is 54.7 Å². The van der Waals surface area contributed by atoms with E-state index in [0.29, 0.717) is 0 Å². The third kappa shape index (κ3) is 5.57. The van der Waals surface area contributed by atoms with E-state index in [1.165, 1.54) is 12.1 Å². The fraction of sp³-hybridized carbons (Fsp3) is 0.125. The number of halogens is 1. The van der Waals surface area contributed by atoms with Crippen molar-refractivity contribution in [2.24, 2.45) is 0 Å². The molecule has 12 nitrogen and oxygen atoms in total. The maximum Gasteiger partial charge on any atom is 0.338 e. The van der Waals surface area contributed by atoms with Crippen LogP contribution in [0, 0.1) is 20.2 Å². The van der Waals surface area contributed by atoms with Crippen LogP contribution in [0.2, 0.25) is 0 Å². The second-order valence-corrected chi connectivity index (χ2v) is 8.60. The Hall–Kier alpha value is -3.39. The number of carbonyl (C=O) groups is 2. The van der Waals surface area contributed by atoms with E-state index in [9.17, 15) is 38.2 Å². The van der Waals surface area contributed by atoms with E-state index >= 15 is 0 Å². The Kier molecular flexibility index (Phi) is 6.84. The fourth-order valence-electron chi connectivity index (χ4n) is 2.22. The minimum atomic E-state index is -3.90. The zero-order chi connectivity index (χ0) is 22.6. The summed E-state index contributed by atoms with van der Waals surface area (Å²) < 4.78 is 28.2. The van der Waals surface area contributed by atoms with Gasteiger partial charge in [-0.1, -0.05) is 0 Å². The zero-order valence-electron chi connectivity index (χ0n) is 15.0. The molecule has 0 aliphatic carbocycles. The Morgan fingerprint density at radius 2 is 1.77 bits per heavy atom. The van der Waals surface area contributed by atoms with Gasteiger partial charge in [0.2, 0.25) is 0 Å². The molecule has 0 radical (unpaired) electrons. The van der Waals surface area contributed by atoms with Gasteiger partial charge in [-0.3, -0.25) is 25.0 Å². The first-order chi connectivity index (χ1) is 13.9. The van der Waals surface area contributed by atoms with E-state index in [1.54, 1.807) is 0 Å². The molecular weight excluding hydrogens is 490 g/mol. The minimum absolute atomic E-state index is 0.190. The van der Waals surface area contributed by atoms with Crippen LogP contribution in [0.5, 0.6) is 0 Å².